The molecule has 1 fully saturated rings. The van der Waals surface area contributed by atoms with Gasteiger partial charge in [0.15, 0.2) is 0 Å². The molecule has 0 bridgehead atoms. The van der Waals surface area contributed by atoms with Crippen molar-refractivity contribution in [3.63, 3.8) is 0 Å². The molecule has 3 aromatic rings. The van der Waals surface area contributed by atoms with E-state index in [1.807, 2.05) is 30.3 Å². The second-order valence-corrected chi connectivity index (χ2v) is 10.1. The lowest BCUT2D eigenvalue weighted by Crippen LogP contribution is -2.37. The highest BCUT2D eigenvalue weighted by atomic mass is 32.1. The van der Waals surface area contributed by atoms with E-state index in [2.05, 4.69) is 4.90 Å². The highest BCUT2D eigenvalue weighted by Crippen LogP contribution is 2.34. The molecule has 0 spiro atoms. The SMILES string of the molecule is CN(Cc1ccccc1)C(=O)Cn1c(CN2CCCC2)nc2sc3c(c2c1=O)CCCC3. The maximum Gasteiger partial charge on any atom is 0.263 e. The number of thiophene rings is 1. The Morgan fingerprint density at radius 3 is 2.62 bits per heavy atom. The molecule has 2 aromatic heterocycles. The van der Waals surface area contributed by atoms with Gasteiger partial charge in [0.25, 0.3) is 5.56 Å². The number of carbonyl (C=O) groups is 1. The first-order chi connectivity index (χ1) is 15.6. The fourth-order valence-corrected chi connectivity index (χ4v) is 6.18. The van der Waals surface area contributed by atoms with E-state index in [0.29, 0.717) is 13.1 Å². The van der Waals surface area contributed by atoms with Crippen molar-refractivity contribution in [3.8, 4) is 0 Å². The molecule has 168 valence electrons. The molecule has 0 unspecified atom stereocenters. The van der Waals surface area contributed by atoms with Crippen molar-refractivity contribution in [2.24, 2.45) is 0 Å². The molecule has 1 amide bonds. The van der Waals surface area contributed by atoms with E-state index in [0.717, 1.165) is 54.0 Å². The van der Waals surface area contributed by atoms with Gasteiger partial charge in [0.05, 0.1) is 11.9 Å². The van der Waals surface area contributed by atoms with Gasteiger partial charge in [-0.2, -0.15) is 0 Å². The Labute approximate surface area is 192 Å². The van der Waals surface area contributed by atoms with Crippen LogP contribution < -0.4 is 5.56 Å². The van der Waals surface area contributed by atoms with Gasteiger partial charge in [-0.1, -0.05) is 30.3 Å². The second-order valence-electron chi connectivity index (χ2n) is 9.03. The van der Waals surface area contributed by atoms with Gasteiger partial charge in [0.2, 0.25) is 5.91 Å². The standard InChI is InChI=1S/C25H30N4O2S/c1-27(15-18-9-3-2-4-10-18)22(30)17-29-21(16-28-13-7-8-14-28)26-24-23(25(29)31)19-11-5-6-12-20(19)32-24/h2-4,9-10H,5-8,11-17H2,1H3. The number of likely N-dealkylation sites (N-methyl/N-ethyl adjacent to an activating group) is 1. The smallest absolute Gasteiger partial charge is 0.263 e. The highest BCUT2D eigenvalue weighted by Gasteiger charge is 2.25. The number of nitrogens with zero attached hydrogens (tertiary/aromatic N) is 4. The number of rotatable bonds is 6. The van der Waals surface area contributed by atoms with Crippen molar-refractivity contribution >= 4 is 27.5 Å². The Balaban J connectivity index is 1.49. The van der Waals surface area contributed by atoms with Crippen LogP contribution in [0.25, 0.3) is 10.2 Å². The number of hydrogen-bond donors (Lipinski definition) is 0. The molecule has 7 heteroatoms. The summed E-state index contributed by atoms with van der Waals surface area (Å²) >= 11 is 1.68. The molecule has 3 heterocycles. The topological polar surface area (TPSA) is 58.4 Å². The molecule has 5 rings (SSSR count). The van der Waals surface area contributed by atoms with E-state index in [-0.39, 0.29) is 18.0 Å². The number of amides is 1. The predicted molar refractivity (Wildman–Crippen MR) is 128 cm³/mol. The van der Waals surface area contributed by atoms with Gasteiger partial charge in [0.1, 0.15) is 17.2 Å². The minimum Gasteiger partial charge on any atom is -0.340 e. The minimum absolute atomic E-state index is 0.0370. The predicted octanol–water partition coefficient (Wildman–Crippen LogP) is 3.59. The molecule has 1 aliphatic heterocycles. The van der Waals surface area contributed by atoms with Crippen molar-refractivity contribution in [3.05, 3.63) is 62.5 Å². The van der Waals surface area contributed by atoms with Gasteiger partial charge in [-0.25, -0.2) is 4.98 Å². The summed E-state index contributed by atoms with van der Waals surface area (Å²) in [6.07, 6.45) is 6.64. The molecule has 1 aromatic carbocycles. The Bertz CT molecular complexity index is 1180. The molecular weight excluding hydrogens is 420 g/mol. The van der Waals surface area contributed by atoms with Crippen molar-refractivity contribution in [2.75, 3.05) is 20.1 Å². The Morgan fingerprint density at radius 2 is 1.84 bits per heavy atom. The summed E-state index contributed by atoms with van der Waals surface area (Å²) in [4.78, 5) is 38.0. The number of aromatic nitrogens is 2. The molecule has 1 saturated heterocycles. The summed E-state index contributed by atoms with van der Waals surface area (Å²) in [5, 5.41) is 0.758. The van der Waals surface area contributed by atoms with E-state index < -0.39 is 0 Å². The maximum absolute atomic E-state index is 13.7. The fourth-order valence-electron chi connectivity index (χ4n) is 4.91. The zero-order valence-electron chi connectivity index (χ0n) is 18.7. The lowest BCUT2D eigenvalue weighted by Gasteiger charge is -2.21. The van der Waals surface area contributed by atoms with E-state index >= 15 is 0 Å². The monoisotopic (exact) mass is 450 g/mol. The number of fused-ring (bicyclic) bond motifs is 3. The van der Waals surface area contributed by atoms with Crippen LogP contribution in [0.5, 0.6) is 0 Å². The quantitative estimate of drug-likeness (QED) is 0.576. The molecule has 0 N–H and O–H groups in total. The van der Waals surface area contributed by atoms with Crippen LogP contribution in [0.1, 0.15) is 47.5 Å². The molecule has 0 atom stereocenters. The third-order valence-electron chi connectivity index (χ3n) is 6.70. The van der Waals surface area contributed by atoms with E-state index in [4.69, 9.17) is 4.98 Å². The van der Waals surface area contributed by atoms with Crippen LogP contribution in [-0.4, -0.2) is 45.4 Å². The van der Waals surface area contributed by atoms with Crippen molar-refractivity contribution < 1.29 is 4.79 Å². The van der Waals surface area contributed by atoms with Gasteiger partial charge >= 0.3 is 0 Å². The first kappa shape index (κ1) is 21.3. The van der Waals surface area contributed by atoms with Crippen LogP contribution in [0.2, 0.25) is 0 Å². The number of carbonyl (C=O) groups excluding carboxylic acids is 1. The third-order valence-corrected chi connectivity index (χ3v) is 7.89. The average Bonchev–Trinajstić information content (AvgIpc) is 3.44. The van der Waals surface area contributed by atoms with Crippen molar-refractivity contribution in [1.29, 1.82) is 0 Å². The number of likely N-dealkylation sites (tertiary alicyclic amines) is 1. The third kappa shape index (κ3) is 4.24. The van der Waals surface area contributed by atoms with Gasteiger partial charge in [0, 0.05) is 18.5 Å². The second kappa shape index (κ2) is 9.16. The molecule has 0 radical (unpaired) electrons. The molecule has 32 heavy (non-hydrogen) atoms. The molecule has 1 aliphatic carbocycles. The Morgan fingerprint density at radius 1 is 1.09 bits per heavy atom. The largest absolute Gasteiger partial charge is 0.340 e. The lowest BCUT2D eigenvalue weighted by molar-refractivity contribution is -0.131. The van der Waals surface area contributed by atoms with Crippen LogP contribution >= 0.6 is 11.3 Å². The van der Waals surface area contributed by atoms with Crippen LogP contribution in [-0.2, 0) is 37.3 Å². The Kier molecular flexibility index (Phi) is 6.11. The summed E-state index contributed by atoms with van der Waals surface area (Å²) in [6.45, 7) is 3.25. The average molecular weight is 451 g/mol. The number of benzene rings is 1. The fraction of sp³-hybridized carbons (Fsp3) is 0.480. The summed E-state index contributed by atoms with van der Waals surface area (Å²) < 4.78 is 1.66. The van der Waals surface area contributed by atoms with Crippen molar-refractivity contribution in [1.82, 2.24) is 19.4 Å². The van der Waals surface area contributed by atoms with Crippen LogP contribution in [0.15, 0.2) is 35.1 Å². The van der Waals surface area contributed by atoms with Gasteiger partial charge in [-0.15, -0.1) is 11.3 Å². The van der Waals surface area contributed by atoms with Gasteiger partial charge in [-0.05, 0) is 62.7 Å². The van der Waals surface area contributed by atoms with Crippen LogP contribution in [0.3, 0.4) is 0 Å². The summed E-state index contributed by atoms with van der Waals surface area (Å²) in [6, 6.07) is 9.95. The Hall–Kier alpha value is -2.51. The van der Waals surface area contributed by atoms with Gasteiger partial charge in [-0.3, -0.25) is 19.1 Å². The highest BCUT2D eigenvalue weighted by molar-refractivity contribution is 7.18. The maximum atomic E-state index is 13.7. The van der Waals surface area contributed by atoms with Crippen LogP contribution in [0, 0.1) is 0 Å². The van der Waals surface area contributed by atoms with E-state index in [1.165, 1.54) is 29.7 Å². The molecule has 0 saturated carbocycles. The van der Waals surface area contributed by atoms with E-state index in [1.54, 1.807) is 27.9 Å². The number of hydrogen-bond acceptors (Lipinski definition) is 5. The first-order valence-electron chi connectivity index (χ1n) is 11.6. The van der Waals surface area contributed by atoms with Crippen LogP contribution in [0.4, 0.5) is 0 Å². The van der Waals surface area contributed by atoms with Gasteiger partial charge < -0.3 is 4.90 Å². The first-order valence-corrected chi connectivity index (χ1v) is 12.5. The molecule has 6 nitrogen and oxygen atoms in total. The normalized spacial score (nSPS) is 16.4. The minimum atomic E-state index is -0.0659. The lowest BCUT2D eigenvalue weighted by atomic mass is 9.97. The summed E-state index contributed by atoms with van der Waals surface area (Å²) in [7, 11) is 1.80. The van der Waals surface area contributed by atoms with Crippen molar-refractivity contribution in [2.45, 2.75) is 58.2 Å². The molecular formula is C25H30N4O2S. The summed E-state index contributed by atoms with van der Waals surface area (Å²) in [5.74, 6) is 0.660. The molecule has 2 aliphatic rings. The number of aryl methyl sites for hydroxylation is 2. The zero-order valence-corrected chi connectivity index (χ0v) is 19.5. The zero-order chi connectivity index (χ0) is 22.1. The van der Waals surface area contributed by atoms with E-state index in [9.17, 15) is 9.59 Å². The summed E-state index contributed by atoms with van der Waals surface area (Å²) in [5.41, 5.74) is 2.22.